The Bertz CT molecular complexity index is 813. The topological polar surface area (TPSA) is 62.0 Å². The number of hydrogen-bond donors (Lipinski definition) is 2. The highest BCUT2D eigenvalue weighted by Gasteiger charge is 2.42. The minimum Gasteiger partial charge on any atom is -0.350 e. The first-order valence-corrected chi connectivity index (χ1v) is 7.84. The van der Waals surface area contributed by atoms with Gasteiger partial charge in [0.2, 0.25) is 0 Å². The first-order chi connectivity index (χ1) is 11.3. The summed E-state index contributed by atoms with van der Waals surface area (Å²) >= 11 is 0. The van der Waals surface area contributed by atoms with Crippen molar-refractivity contribution >= 4 is 16.8 Å². The molecule has 3 rings (SSSR count). The zero-order chi connectivity index (χ0) is 17.3. The molecule has 1 aliphatic carbocycles. The highest BCUT2D eigenvalue weighted by atomic mass is 19.4. The van der Waals surface area contributed by atoms with Gasteiger partial charge in [0, 0.05) is 23.0 Å². The molecule has 1 fully saturated rings. The summed E-state index contributed by atoms with van der Waals surface area (Å²) in [5, 5.41) is 3.08. The zero-order valence-electron chi connectivity index (χ0n) is 12.8. The number of hydrogen-bond acceptors (Lipinski definition) is 2. The normalized spacial score (nSPS) is 21.6. The molecule has 1 aliphatic rings. The molecule has 1 heterocycles. The highest BCUT2D eigenvalue weighted by molar-refractivity contribution is 5.95. The van der Waals surface area contributed by atoms with Gasteiger partial charge in [0.25, 0.3) is 5.91 Å². The SMILES string of the molecule is O=C(N[C@@H]1CCC[C@H](C(F)(F)F)C1)c1cc(=O)c2ccccc2[nH]1. The molecule has 2 aromatic rings. The standard InChI is InChI=1S/C17H17F3N2O2/c18-17(19,20)10-4-3-5-11(8-10)21-16(24)14-9-15(23)12-6-1-2-7-13(12)22-14/h1-2,6-7,9-11H,3-5,8H2,(H,21,24)(H,22,23)/t10-,11+/m0/s1. The number of para-hydroxylation sites is 1. The molecular formula is C17H17F3N2O2. The quantitative estimate of drug-likeness (QED) is 0.882. The van der Waals surface area contributed by atoms with Gasteiger partial charge in [-0.25, -0.2) is 0 Å². The van der Waals surface area contributed by atoms with Crippen molar-refractivity contribution in [2.45, 2.75) is 37.9 Å². The molecule has 0 saturated heterocycles. The predicted molar refractivity (Wildman–Crippen MR) is 83.8 cm³/mol. The zero-order valence-corrected chi connectivity index (χ0v) is 12.8. The van der Waals surface area contributed by atoms with Crippen molar-refractivity contribution in [2.75, 3.05) is 0 Å². The Morgan fingerprint density at radius 2 is 1.96 bits per heavy atom. The number of amides is 1. The van der Waals surface area contributed by atoms with Crippen LogP contribution in [0.3, 0.4) is 0 Å². The Morgan fingerprint density at radius 3 is 2.71 bits per heavy atom. The Labute approximate surface area is 136 Å². The lowest BCUT2D eigenvalue weighted by Gasteiger charge is -2.31. The van der Waals surface area contributed by atoms with E-state index in [0.29, 0.717) is 23.7 Å². The van der Waals surface area contributed by atoms with Gasteiger partial charge in [0.1, 0.15) is 5.69 Å². The summed E-state index contributed by atoms with van der Waals surface area (Å²) in [5.41, 5.74) is 0.283. The van der Waals surface area contributed by atoms with E-state index in [-0.39, 0.29) is 24.0 Å². The number of alkyl halides is 3. The van der Waals surface area contributed by atoms with Gasteiger partial charge in [-0.2, -0.15) is 13.2 Å². The van der Waals surface area contributed by atoms with E-state index in [1.165, 1.54) is 6.07 Å². The third kappa shape index (κ3) is 3.44. The second-order valence-corrected chi connectivity index (χ2v) is 6.17. The summed E-state index contributed by atoms with van der Waals surface area (Å²) in [6.45, 7) is 0. The maximum atomic E-state index is 12.8. The summed E-state index contributed by atoms with van der Waals surface area (Å²) in [6.07, 6.45) is -3.32. The van der Waals surface area contributed by atoms with Gasteiger partial charge >= 0.3 is 6.18 Å². The molecule has 0 spiro atoms. The van der Waals surface area contributed by atoms with Crippen molar-refractivity contribution in [3.63, 3.8) is 0 Å². The van der Waals surface area contributed by atoms with Gasteiger partial charge in [-0.1, -0.05) is 18.6 Å². The number of fused-ring (bicyclic) bond motifs is 1. The molecule has 0 aliphatic heterocycles. The van der Waals surface area contributed by atoms with E-state index in [9.17, 15) is 22.8 Å². The second-order valence-electron chi connectivity index (χ2n) is 6.17. The monoisotopic (exact) mass is 338 g/mol. The number of pyridine rings is 1. The van der Waals surface area contributed by atoms with Gasteiger partial charge in [-0.05, 0) is 31.4 Å². The van der Waals surface area contributed by atoms with E-state index >= 15 is 0 Å². The van der Waals surface area contributed by atoms with Gasteiger partial charge in [0.15, 0.2) is 5.43 Å². The number of nitrogens with one attached hydrogen (secondary N) is 2. The lowest BCUT2D eigenvalue weighted by atomic mass is 9.85. The molecule has 1 aromatic carbocycles. The number of halogens is 3. The molecule has 0 bridgehead atoms. The van der Waals surface area contributed by atoms with Crippen molar-refractivity contribution < 1.29 is 18.0 Å². The van der Waals surface area contributed by atoms with Gasteiger partial charge < -0.3 is 10.3 Å². The number of carbonyl (C=O) groups excluding carboxylic acids is 1. The maximum absolute atomic E-state index is 12.8. The van der Waals surface area contributed by atoms with Crippen LogP contribution in [-0.4, -0.2) is 23.1 Å². The second kappa shape index (κ2) is 6.30. The van der Waals surface area contributed by atoms with Crippen LogP contribution in [0.5, 0.6) is 0 Å². The van der Waals surface area contributed by atoms with Crippen LogP contribution in [0.1, 0.15) is 36.2 Å². The fourth-order valence-corrected chi connectivity index (χ4v) is 3.20. The van der Waals surface area contributed by atoms with Crippen LogP contribution >= 0.6 is 0 Å². The molecule has 0 radical (unpaired) electrons. The maximum Gasteiger partial charge on any atom is 0.391 e. The summed E-state index contributed by atoms with van der Waals surface area (Å²) in [5.74, 6) is -1.93. The number of carbonyl (C=O) groups is 1. The molecule has 1 amide bonds. The number of benzene rings is 1. The lowest BCUT2D eigenvalue weighted by Crippen LogP contribution is -2.42. The molecule has 1 saturated carbocycles. The summed E-state index contributed by atoms with van der Waals surface area (Å²) < 4.78 is 38.5. The van der Waals surface area contributed by atoms with Crippen LogP contribution in [0.25, 0.3) is 10.9 Å². The van der Waals surface area contributed by atoms with Gasteiger partial charge in [-0.15, -0.1) is 0 Å². The smallest absolute Gasteiger partial charge is 0.350 e. The molecule has 4 nitrogen and oxygen atoms in total. The van der Waals surface area contributed by atoms with Crippen LogP contribution in [-0.2, 0) is 0 Å². The molecule has 7 heteroatoms. The molecule has 2 N–H and O–H groups in total. The van der Waals surface area contributed by atoms with E-state index in [2.05, 4.69) is 10.3 Å². The van der Waals surface area contributed by atoms with Gasteiger partial charge in [0.05, 0.1) is 5.92 Å². The first kappa shape index (κ1) is 16.5. The van der Waals surface area contributed by atoms with E-state index < -0.39 is 24.0 Å². The molecule has 24 heavy (non-hydrogen) atoms. The fourth-order valence-electron chi connectivity index (χ4n) is 3.20. The van der Waals surface area contributed by atoms with E-state index in [0.717, 1.165) is 0 Å². The summed E-state index contributed by atoms with van der Waals surface area (Å²) in [7, 11) is 0. The van der Waals surface area contributed by atoms with E-state index in [1.807, 2.05) is 0 Å². The minimum atomic E-state index is -4.24. The molecule has 1 aromatic heterocycles. The van der Waals surface area contributed by atoms with Crippen LogP contribution in [0.15, 0.2) is 35.1 Å². The Balaban J connectivity index is 1.77. The number of rotatable bonds is 2. The third-order valence-electron chi connectivity index (χ3n) is 4.45. The van der Waals surface area contributed by atoms with E-state index in [4.69, 9.17) is 0 Å². The van der Waals surface area contributed by atoms with Crippen molar-refractivity contribution in [3.05, 3.63) is 46.2 Å². The van der Waals surface area contributed by atoms with Crippen molar-refractivity contribution in [2.24, 2.45) is 5.92 Å². The summed E-state index contributed by atoms with van der Waals surface area (Å²) in [4.78, 5) is 27.2. The van der Waals surface area contributed by atoms with Crippen LogP contribution in [0.2, 0.25) is 0 Å². The summed E-state index contributed by atoms with van der Waals surface area (Å²) in [6, 6.07) is 7.42. The largest absolute Gasteiger partial charge is 0.391 e. The Hall–Kier alpha value is -2.31. The number of aromatic nitrogens is 1. The number of H-pyrrole nitrogens is 1. The molecule has 128 valence electrons. The van der Waals surface area contributed by atoms with Crippen LogP contribution in [0, 0.1) is 5.92 Å². The average Bonchev–Trinajstić information content (AvgIpc) is 2.54. The fraction of sp³-hybridized carbons (Fsp3) is 0.412. The predicted octanol–water partition coefficient (Wildman–Crippen LogP) is 3.38. The van der Waals surface area contributed by atoms with Crippen molar-refractivity contribution in [1.82, 2.24) is 10.3 Å². The number of aromatic amines is 1. The molecule has 0 unspecified atom stereocenters. The van der Waals surface area contributed by atoms with Crippen molar-refractivity contribution in [3.8, 4) is 0 Å². The molecular weight excluding hydrogens is 321 g/mol. The lowest BCUT2D eigenvalue weighted by molar-refractivity contribution is -0.183. The van der Waals surface area contributed by atoms with Crippen molar-refractivity contribution in [1.29, 1.82) is 0 Å². The minimum absolute atomic E-state index is 0.0628. The molecule has 2 atom stereocenters. The Kier molecular flexibility index (Phi) is 4.34. The van der Waals surface area contributed by atoms with Gasteiger partial charge in [-0.3, -0.25) is 9.59 Å². The Morgan fingerprint density at radius 1 is 1.21 bits per heavy atom. The van der Waals surface area contributed by atoms with Crippen LogP contribution < -0.4 is 10.7 Å². The third-order valence-corrected chi connectivity index (χ3v) is 4.45. The van der Waals surface area contributed by atoms with E-state index in [1.54, 1.807) is 24.3 Å². The van der Waals surface area contributed by atoms with Crippen LogP contribution in [0.4, 0.5) is 13.2 Å². The highest BCUT2D eigenvalue weighted by Crippen LogP contribution is 2.37. The first-order valence-electron chi connectivity index (χ1n) is 7.84. The average molecular weight is 338 g/mol.